The van der Waals surface area contributed by atoms with E-state index in [-0.39, 0.29) is 17.7 Å². The van der Waals surface area contributed by atoms with Crippen molar-refractivity contribution in [3.63, 3.8) is 0 Å². The van der Waals surface area contributed by atoms with Crippen molar-refractivity contribution >= 4 is 22.8 Å². The number of aromatic amines is 1. The fourth-order valence-electron chi connectivity index (χ4n) is 2.99. The molecule has 0 spiro atoms. The van der Waals surface area contributed by atoms with Crippen LogP contribution in [0.3, 0.4) is 0 Å². The second-order valence-corrected chi connectivity index (χ2v) is 5.71. The highest BCUT2D eigenvalue weighted by atomic mass is 16.2. The smallest absolute Gasteiger partial charge is 0.263 e. The predicted octanol–water partition coefficient (Wildman–Crippen LogP) is 2.36. The molecule has 0 radical (unpaired) electrons. The average molecular weight is 306 g/mol. The van der Waals surface area contributed by atoms with Gasteiger partial charge in [0.25, 0.3) is 11.8 Å². The lowest BCUT2D eigenvalue weighted by Crippen LogP contribution is -2.33. The van der Waals surface area contributed by atoms with Crippen molar-refractivity contribution in [1.82, 2.24) is 20.1 Å². The molecule has 2 amide bonds. The van der Waals surface area contributed by atoms with Crippen molar-refractivity contribution in [3.05, 3.63) is 59.4 Å². The minimum atomic E-state index is -0.289. The highest BCUT2D eigenvalue weighted by Gasteiger charge is 2.38. The lowest BCUT2D eigenvalue weighted by molar-refractivity contribution is 0.0647. The molecule has 114 valence electrons. The van der Waals surface area contributed by atoms with Crippen LogP contribution in [0.5, 0.6) is 0 Å². The Labute approximate surface area is 132 Å². The van der Waals surface area contributed by atoms with Crippen LogP contribution >= 0.6 is 0 Å². The Kier molecular flexibility index (Phi) is 2.97. The fourth-order valence-corrected chi connectivity index (χ4v) is 2.99. The van der Waals surface area contributed by atoms with Gasteiger partial charge < -0.3 is 0 Å². The van der Waals surface area contributed by atoms with E-state index in [0.717, 1.165) is 5.56 Å². The minimum absolute atomic E-state index is 0.0613. The third kappa shape index (κ3) is 2.03. The third-order valence-corrected chi connectivity index (χ3v) is 4.24. The number of rotatable bonds is 3. The van der Waals surface area contributed by atoms with Crippen molar-refractivity contribution in [2.45, 2.75) is 12.8 Å². The number of hydrogen-bond donors (Lipinski definition) is 1. The summed E-state index contributed by atoms with van der Waals surface area (Å²) in [4.78, 5) is 30.7. The summed E-state index contributed by atoms with van der Waals surface area (Å²) in [6, 6.07) is 9.84. The standard InChI is InChI=1S/C17H14N4O2/c1-10(11-5-3-2-4-6-11)9-21-16(22)13-7-18-15-12(8-19-20-15)14(13)17(21)23/h2-8,10H,9H2,1H3,(H,18,19,20). The molecule has 1 aliphatic heterocycles. The number of hydrogen-bond acceptors (Lipinski definition) is 4. The fraction of sp³-hybridized carbons (Fsp3) is 0.176. The number of H-pyrrole nitrogens is 1. The van der Waals surface area contributed by atoms with Gasteiger partial charge in [-0.3, -0.25) is 19.6 Å². The zero-order valence-electron chi connectivity index (χ0n) is 12.5. The molecule has 3 heterocycles. The molecule has 6 heteroatoms. The molecule has 0 saturated heterocycles. The molecular weight excluding hydrogens is 292 g/mol. The number of aromatic nitrogens is 3. The molecule has 1 aromatic carbocycles. The van der Waals surface area contributed by atoms with E-state index < -0.39 is 0 Å². The molecule has 2 aromatic heterocycles. The number of carbonyl (C=O) groups is 2. The number of nitrogens with zero attached hydrogens (tertiary/aromatic N) is 3. The van der Waals surface area contributed by atoms with Crippen molar-refractivity contribution in [3.8, 4) is 0 Å². The van der Waals surface area contributed by atoms with Gasteiger partial charge >= 0.3 is 0 Å². The molecule has 3 aromatic rings. The monoisotopic (exact) mass is 306 g/mol. The van der Waals surface area contributed by atoms with Gasteiger partial charge in [0.05, 0.1) is 22.7 Å². The summed E-state index contributed by atoms with van der Waals surface area (Å²) in [5.41, 5.74) is 2.36. The number of benzene rings is 1. The van der Waals surface area contributed by atoms with Crippen LogP contribution in [-0.4, -0.2) is 38.4 Å². The number of amides is 2. The molecule has 0 fully saturated rings. The molecule has 23 heavy (non-hydrogen) atoms. The number of carbonyl (C=O) groups excluding carboxylic acids is 2. The highest BCUT2D eigenvalue weighted by molar-refractivity contribution is 6.25. The SMILES string of the molecule is CC(CN1C(=O)c2cnc3[nH]ncc3c2C1=O)c1ccccc1. The van der Waals surface area contributed by atoms with Crippen LogP contribution in [-0.2, 0) is 0 Å². The van der Waals surface area contributed by atoms with Crippen LogP contribution in [0.2, 0.25) is 0 Å². The van der Waals surface area contributed by atoms with E-state index in [1.54, 1.807) is 0 Å². The molecule has 0 aliphatic carbocycles. The summed E-state index contributed by atoms with van der Waals surface area (Å²) in [6.07, 6.45) is 2.99. The molecule has 1 unspecified atom stereocenters. The summed E-state index contributed by atoms with van der Waals surface area (Å²) >= 11 is 0. The lowest BCUT2D eigenvalue weighted by Gasteiger charge is -2.19. The zero-order chi connectivity index (χ0) is 16.0. The van der Waals surface area contributed by atoms with Gasteiger partial charge in [0, 0.05) is 12.7 Å². The van der Waals surface area contributed by atoms with Crippen LogP contribution < -0.4 is 0 Å². The van der Waals surface area contributed by atoms with Crippen molar-refractivity contribution < 1.29 is 9.59 Å². The number of pyridine rings is 1. The number of imide groups is 1. The first-order valence-electron chi connectivity index (χ1n) is 7.40. The van der Waals surface area contributed by atoms with Crippen molar-refractivity contribution in [2.75, 3.05) is 6.54 Å². The Morgan fingerprint density at radius 2 is 1.91 bits per heavy atom. The van der Waals surface area contributed by atoms with Gasteiger partial charge in [0.15, 0.2) is 5.65 Å². The van der Waals surface area contributed by atoms with Gasteiger partial charge in [-0.25, -0.2) is 4.98 Å². The Morgan fingerprint density at radius 1 is 1.13 bits per heavy atom. The first kappa shape index (κ1) is 13.6. The Morgan fingerprint density at radius 3 is 2.70 bits per heavy atom. The quantitative estimate of drug-likeness (QED) is 0.753. The first-order valence-corrected chi connectivity index (χ1v) is 7.40. The van der Waals surface area contributed by atoms with Gasteiger partial charge in [0.1, 0.15) is 0 Å². The Hall–Kier alpha value is -3.02. The molecule has 0 bridgehead atoms. The van der Waals surface area contributed by atoms with E-state index in [9.17, 15) is 9.59 Å². The predicted molar refractivity (Wildman–Crippen MR) is 84.1 cm³/mol. The van der Waals surface area contributed by atoms with Crippen LogP contribution in [0.25, 0.3) is 11.0 Å². The van der Waals surface area contributed by atoms with E-state index in [2.05, 4.69) is 15.2 Å². The highest BCUT2D eigenvalue weighted by Crippen LogP contribution is 2.29. The first-order chi connectivity index (χ1) is 11.2. The average Bonchev–Trinajstić information content (AvgIpc) is 3.14. The normalized spacial score (nSPS) is 15.3. The second kappa shape index (κ2) is 5.01. The maximum Gasteiger partial charge on any atom is 0.263 e. The van der Waals surface area contributed by atoms with E-state index >= 15 is 0 Å². The molecule has 1 aliphatic rings. The minimum Gasteiger partial charge on any atom is -0.274 e. The van der Waals surface area contributed by atoms with E-state index in [0.29, 0.717) is 28.7 Å². The number of nitrogens with one attached hydrogen (secondary N) is 1. The number of fused-ring (bicyclic) bond motifs is 3. The summed E-state index contributed by atoms with van der Waals surface area (Å²) in [6.45, 7) is 2.35. The van der Waals surface area contributed by atoms with Crippen molar-refractivity contribution in [2.24, 2.45) is 0 Å². The zero-order valence-corrected chi connectivity index (χ0v) is 12.5. The lowest BCUT2D eigenvalue weighted by atomic mass is 10.0. The van der Waals surface area contributed by atoms with E-state index in [4.69, 9.17) is 0 Å². The molecule has 0 saturated carbocycles. The van der Waals surface area contributed by atoms with Gasteiger partial charge in [-0.1, -0.05) is 37.3 Å². The van der Waals surface area contributed by atoms with E-state index in [1.807, 2.05) is 37.3 Å². The van der Waals surface area contributed by atoms with Crippen LogP contribution in [0.15, 0.2) is 42.7 Å². The molecular formula is C17H14N4O2. The maximum atomic E-state index is 12.7. The Bertz CT molecular complexity index is 917. The summed E-state index contributed by atoms with van der Waals surface area (Å²) in [5, 5.41) is 7.22. The molecule has 1 N–H and O–H groups in total. The van der Waals surface area contributed by atoms with Gasteiger partial charge in [-0.05, 0) is 11.5 Å². The topological polar surface area (TPSA) is 79.0 Å². The second-order valence-electron chi connectivity index (χ2n) is 5.71. The van der Waals surface area contributed by atoms with E-state index in [1.165, 1.54) is 17.3 Å². The molecule has 4 rings (SSSR count). The van der Waals surface area contributed by atoms with Crippen LogP contribution in [0.1, 0.15) is 39.1 Å². The Balaban J connectivity index is 1.69. The third-order valence-electron chi connectivity index (χ3n) is 4.24. The van der Waals surface area contributed by atoms with Gasteiger partial charge in [-0.2, -0.15) is 5.10 Å². The van der Waals surface area contributed by atoms with Gasteiger partial charge in [0.2, 0.25) is 0 Å². The van der Waals surface area contributed by atoms with Crippen LogP contribution in [0.4, 0.5) is 0 Å². The summed E-state index contributed by atoms with van der Waals surface area (Å²) < 4.78 is 0. The van der Waals surface area contributed by atoms with Gasteiger partial charge in [-0.15, -0.1) is 0 Å². The largest absolute Gasteiger partial charge is 0.274 e. The molecule has 6 nitrogen and oxygen atoms in total. The van der Waals surface area contributed by atoms with Crippen molar-refractivity contribution in [1.29, 1.82) is 0 Å². The van der Waals surface area contributed by atoms with Crippen LogP contribution in [0, 0.1) is 0 Å². The summed E-state index contributed by atoms with van der Waals surface area (Å²) in [7, 11) is 0. The molecule has 1 atom stereocenters. The maximum absolute atomic E-state index is 12.7. The summed E-state index contributed by atoms with van der Waals surface area (Å²) in [5.74, 6) is -0.504.